The first-order chi connectivity index (χ1) is 12.7. The summed E-state index contributed by atoms with van der Waals surface area (Å²) in [5.74, 6) is 0.0559. The smallest absolute Gasteiger partial charge is 0.277 e. The molecule has 2 aromatic carbocycles. The number of nitrogens with zero attached hydrogens (tertiary/aromatic N) is 4. The van der Waals surface area contributed by atoms with E-state index < -0.39 is 0 Å². The summed E-state index contributed by atoms with van der Waals surface area (Å²) in [6.45, 7) is 2.43. The molecule has 1 amide bonds. The van der Waals surface area contributed by atoms with Gasteiger partial charge in [-0.05, 0) is 37.3 Å². The number of aromatic nitrogens is 2. The lowest BCUT2D eigenvalue weighted by atomic mass is 10.2. The maximum Gasteiger partial charge on any atom is 0.277 e. The summed E-state index contributed by atoms with van der Waals surface area (Å²) in [5.41, 5.74) is 2.16. The van der Waals surface area contributed by atoms with E-state index in [0.717, 1.165) is 5.69 Å². The first kappa shape index (κ1) is 17.1. The lowest BCUT2D eigenvalue weighted by molar-refractivity contribution is 0.0983. The number of carbonyl (C=O) groups is 1. The Morgan fingerprint density at radius 1 is 1.12 bits per heavy atom. The predicted octanol–water partition coefficient (Wildman–Crippen LogP) is 3.76. The van der Waals surface area contributed by atoms with Crippen molar-refractivity contribution in [1.29, 1.82) is 5.26 Å². The standard InChI is InChI=1S/C20H17N5O/c1-2-25(16-9-4-3-5-10-16)19(26)18-12-13-22-20(24-18)23-17-11-7-6-8-15(17)14-21/h3-13H,2H2,1H3,(H,22,23,24). The molecule has 3 rings (SSSR count). The number of anilines is 3. The van der Waals surface area contributed by atoms with E-state index in [-0.39, 0.29) is 17.5 Å². The minimum atomic E-state index is -0.210. The lowest BCUT2D eigenvalue weighted by Gasteiger charge is -2.20. The monoisotopic (exact) mass is 343 g/mol. The van der Waals surface area contributed by atoms with Crippen LogP contribution >= 0.6 is 0 Å². The molecule has 0 saturated heterocycles. The van der Waals surface area contributed by atoms with E-state index in [0.29, 0.717) is 17.8 Å². The molecule has 0 spiro atoms. The quantitative estimate of drug-likeness (QED) is 0.763. The van der Waals surface area contributed by atoms with E-state index >= 15 is 0 Å². The van der Waals surface area contributed by atoms with Gasteiger partial charge in [-0.25, -0.2) is 9.97 Å². The Labute approximate surface area is 151 Å². The zero-order valence-corrected chi connectivity index (χ0v) is 14.3. The van der Waals surface area contributed by atoms with Crippen LogP contribution in [0.2, 0.25) is 0 Å². The zero-order valence-electron chi connectivity index (χ0n) is 14.3. The molecule has 6 nitrogen and oxygen atoms in total. The zero-order chi connectivity index (χ0) is 18.4. The Morgan fingerprint density at radius 3 is 2.58 bits per heavy atom. The van der Waals surface area contributed by atoms with Crippen molar-refractivity contribution in [2.24, 2.45) is 0 Å². The molecular weight excluding hydrogens is 326 g/mol. The van der Waals surface area contributed by atoms with E-state index in [1.165, 1.54) is 6.20 Å². The second kappa shape index (κ2) is 7.90. The second-order valence-corrected chi connectivity index (χ2v) is 5.43. The van der Waals surface area contributed by atoms with Crippen molar-refractivity contribution in [3.05, 3.63) is 78.1 Å². The van der Waals surface area contributed by atoms with Gasteiger partial charge in [-0.2, -0.15) is 5.26 Å². The highest BCUT2D eigenvalue weighted by molar-refractivity contribution is 6.04. The summed E-state index contributed by atoms with van der Waals surface area (Å²) in [6.07, 6.45) is 1.52. The fraction of sp³-hybridized carbons (Fsp3) is 0.100. The predicted molar refractivity (Wildman–Crippen MR) is 100 cm³/mol. The molecule has 0 saturated carbocycles. The third-order valence-electron chi connectivity index (χ3n) is 3.80. The molecule has 0 aliphatic carbocycles. The first-order valence-electron chi connectivity index (χ1n) is 8.19. The number of nitrogens with one attached hydrogen (secondary N) is 1. The number of para-hydroxylation sites is 2. The Balaban J connectivity index is 1.87. The van der Waals surface area contributed by atoms with Crippen molar-refractivity contribution in [2.45, 2.75) is 6.92 Å². The number of hydrogen-bond acceptors (Lipinski definition) is 5. The Morgan fingerprint density at radius 2 is 1.85 bits per heavy atom. The van der Waals surface area contributed by atoms with Crippen LogP contribution < -0.4 is 10.2 Å². The molecule has 0 bridgehead atoms. The van der Waals surface area contributed by atoms with Gasteiger partial charge in [0.05, 0.1) is 11.3 Å². The second-order valence-electron chi connectivity index (χ2n) is 5.43. The van der Waals surface area contributed by atoms with Crippen LogP contribution in [0.5, 0.6) is 0 Å². The van der Waals surface area contributed by atoms with Gasteiger partial charge in [0.15, 0.2) is 0 Å². The van der Waals surface area contributed by atoms with Crippen LogP contribution in [0.1, 0.15) is 23.0 Å². The Kier molecular flexibility index (Phi) is 5.20. The third kappa shape index (κ3) is 3.68. The summed E-state index contributed by atoms with van der Waals surface area (Å²) in [6, 6.07) is 20.2. The minimum absolute atomic E-state index is 0.210. The molecular formula is C20H17N5O. The van der Waals surface area contributed by atoms with Gasteiger partial charge < -0.3 is 10.2 Å². The highest BCUT2D eigenvalue weighted by Gasteiger charge is 2.18. The van der Waals surface area contributed by atoms with Gasteiger partial charge in [0.1, 0.15) is 11.8 Å². The molecule has 0 unspecified atom stereocenters. The summed E-state index contributed by atoms with van der Waals surface area (Å²) in [4.78, 5) is 23.0. The van der Waals surface area contributed by atoms with Gasteiger partial charge in [-0.3, -0.25) is 4.79 Å². The van der Waals surface area contributed by atoms with Gasteiger partial charge in [-0.1, -0.05) is 30.3 Å². The van der Waals surface area contributed by atoms with Crippen molar-refractivity contribution >= 4 is 23.2 Å². The molecule has 3 aromatic rings. The summed E-state index contributed by atoms with van der Waals surface area (Å²) >= 11 is 0. The maximum absolute atomic E-state index is 12.9. The summed E-state index contributed by atoms with van der Waals surface area (Å²) in [5, 5.41) is 12.2. The fourth-order valence-electron chi connectivity index (χ4n) is 2.54. The minimum Gasteiger partial charge on any atom is -0.323 e. The number of carbonyl (C=O) groups excluding carboxylic acids is 1. The molecule has 0 atom stereocenters. The number of nitriles is 1. The fourth-order valence-corrected chi connectivity index (χ4v) is 2.54. The number of amides is 1. The molecule has 0 aliphatic rings. The third-order valence-corrected chi connectivity index (χ3v) is 3.80. The van der Waals surface area contributed by atoms with E-state index in [2.05, 4.69) is 21.4 Å². The van der Waals surface area contributed by atoms with E-state index in [9.17, 15) is 10.1 Å². The van der Waals surface area contributed by atoms with Crippen molar-refractivity contribution in [3.63, 3.8) is 0 Å². The number of benzene rings is 2. The van der Waals surface area contributed by atoms with E-state index in [4.69, 9.17) is 0 Å². The molecule has 128 valence electrons. The highest BCUT2D eigenvalue weighted by atomic mass is 16.2. The van der Waals surface area contributed by atoms with Crippen molar-refractivity contribution in [1.82, 2.24) is 9.97 Å². The molecule has 1 heterocycles. The van der Waals surface area contributed by atoms with Crippen molar-refractivity contribution in [3.8, 4) is 6.07 Å². The Bertz CT molecular complexity index is 950. The van der Waals surface area contributed by atoms with E-state index in [1.807, 2.05) is 43.3 Å². The molecule has 6 heteroatoms. The van der Waals surface area contributed by atoms with Crippen LogP contribution in [-0.2, 0) is 0 Å². The highest BCUT2D eigenvalue weighted by Crippen LogP contribution is 2.19. The van der Waals surface area contributed by atoms with Crippen LogP contribution in [0.4, 0.5) is 17.3 Å². The van der Waals surface area contributed by atoms with Gasteiger partial charge in [-0.15, -0.1) is 0 Å². The molecule has 1 N–H and O–H groups in total. The van der Waals surface area contributed by atoms with Crippen LogP contribution in [0.15, 0.2) is 66.9 Å². The molecule has 26 heavy (non-hydrogen) atoms. The summed E-state index contributed by atoms with van der Waals surface area (Å²) < 4.78 is 0. The van der Waals surface area contributed by atoms with Crippen LogP contribution in [0, 0.1) is 11.3 Å². The van der Waals surface area contributed by atoms with Crippen molar-refractivity contribution in [2.75, 3.05) is 16.8 Å². The molecule has 0 aliphatic heterocycles. The summed E-state index contributed by atoms with van der Waals surface area (Å²) in [7, 11) is 0. The maximum atomic E-state index is 12.9. The van der Waals surface area contributed by atoms with E-state index in [1.54, 1.807) is 29.2 Å². The van der Waals surface area contributed by atoms with Gasteiger partial charge in [0.25, 0.3) is 5.91 Å². The Hall–Kier alpha value is -3.72. The van der Waals surface area contributed by atoms with Gasteiger partial charge in [0, 0.05) is 18.4 Å². The van der Waals surface area contributed by atoms with Crippen LogP contribution in [-0.4, -0.2) is 22.4 Å². The normalized spacial score (nSPS) is 10.0. The number of hydrogen-bond donors (Lipinski definition) is 1. The SMILES string of the molecule is CCN(C(=O)c1ccnc(Nc2ccccc2C#N)n1)c1ccccc1. The van der Waals surface area contributed by atoms with Crippen LogP contribution in [0.25, 0.3) is 0 Å². The van der Waals surface area contributed by atoms with Gasteiger partial charge in [0.2, 0.25) is 5.95 Å². The number of rotatable bonds is 5. The average Bonchev–Trinajstić information content (AvgIpc) is 2.70. The lowest BCUT2D eigenvalue weighted by Crippen LogP contribution is -2.31. The first-order valence-corrected chi connectivity index (χ1v) is 8.19. The molecule has 0 fully saturated rings. The largest absolute Gasteiger partial charge is 0.323 e. The topological polar surface area (TPSA) is 81.9 Å². The van der Waals surface area contributed by atoms with Gasteiger partial charge >= 0.3 is 0 Å². The van der Waals surface area contributed by atoms with Crippen LogP contribution in [0.3, 0.4) is 0 Å². The average molecular weight is 343 g/mol. The van der Waals surface area contributed by atoms with Crippen molar-refractivity contribution < 1.29 is 4.79 Å². The molecule has 1 aromatic heterocycles. The molecule has 0 radical (unpaired) electrons.